The van der Waals surface area contributed by atoms with Gasteiger partial charge in [0, 0.05) is 23.5 Å². The van der Waals surface area contributed by atoms with E-state index in [1.807, 2.05) is 37.5 Å². The van der Waals surface area contributed by atoms with Gasteiger partial charge in [0.2, 0.25) is 0 Å². The van der Waals surface area contributed by atoms with Gasteiger partial charge in [-0.1, -0.05) is 30.4 Å². The number of imidazole rings is 1. The molecule has 0 spiro atoms. The van der Waals surface area contributed by atoms with Crippen molar-refractivity contribution in [1.29, 1.82) is 0 Å². The number of pyridine rings is 2. The lowest BCUT2D eigenvalue weighted by Gasteiger charge is -2.02. The Morgan fingerprint density at radius 1 is 0.967 bits per heavy atom. The Morgan fingerprint density at radius 2 is 1.93 bits per heavy atom. The van der Waals surface area contributed by atoms with Gasteiger partial charge in [0.25, 0.3) is 0 Å². The second-order valence-electron chi connectivity index (χ2n) is 7.50. The third-order valence-corrected chi connectivity index (χ3v) is 5.40. The van der Waals surface area contributed by atoms with Crippen molar-refractivity contribution in [2.75, 3.05) is 0 Å². The number of fused-ring (bicyclic) bond motifs is 2. The topological polar surface area (TPSA) is 83.1 Å². The highest BCUT2D eigenvalue weighted by Gasteiger charge is 2.17. The largest absolute Gasteiger partial charge is 0.336 e. The summed E-state index contributed by atoms with van der Waals surface area (Å²) in [7, 11) is 0. The van der Waals surface area contributed by atoms with E-state index in [-0.39, 0.29) is 0 Å². The predicted molar refractivity (Wildman–Crippen MR) is 119 cm³/mol. The van der Waals surface area contributed by atoms with Crippen LogP contribution in [0.1, 0.15) is 17.5 Å². The van der Waals surface area contributed by atoms with E-state index in [9.17, 15) is 0 Å². The Morgan fingerprint density at radius 3 is 2.80 bits per heavy atom. The van der Waals surface area contributed by atoms with E-state index < -0.39 is 0 Å². The number of aromatic amines is 2. The summed E-state index contributed by atoms with van der Waals surface area (Å²) in [5.74, 6) is 0.707. The molecule has 30 heavy (non-hydrogen) atoms. The minimum Gasteiger partial charge on any atom is -0.336 e. The number of aryl methyl sites for hydroxylation is 1. The van der Waals surface area contributed by atoms with Crippen LogP contribution in [-0.4, -0.2) is 30.1 Å². The highest BCUT2D eigenvalue weighted by atomic mass is 15.1. The maximum Gasteiger partial charge on any atom is 0.161 e. The number of nitrogens with one attached hydrogen (secondary N) is 2. The highest BCUT2D eigenvalue weighted by Crippen LogP contribution is 2.31. The molecule has 1 aliphatic rings. The number of hydrogen-bond donors (Lipinski definition) is 2. The number of H-pyrrole nitrogens is 2. The minimum atomic E-state index is 0.707. The van der Waals surface area contributed by atoms with Gasteiger partial charge >= 0.3 is 0 Å². The Labute approximate surface area is 172 Å². The zero-order chi connectivity index (χ0) is 20.1. The molecule has 0 saturated carbocycles. The van der Waals surface area contributed by atoms with E-state index in [0.717, 1.165) is 50.9 Å². The van der Waals surface area contributed by atoms with Crippen LogP contribution >= 0.6 is 0 Å². The summed E-state index contributed by atoms with van der Waals surface area (Å²) in [6.07, 6.45) is 11.2. The first kappa shape index (κ1) is 16.9. The van der Waals surface area contributed by atoms with Crippen LogP contribution in [0.25, 0.3) is 50.4 Å². The number of rotatable bonds is 3. The molecule has 0 unspecified atom stereocenters. The molecule has 4 aromatic heterocycles. The maximum atomic E-state index is 4.90. The highest BCUT2D eigenvalue weighted by molar-refractivity contribution is 5.96. The minimum absolute atomic E-state index is 0.707. The van der Waals surface area contributed by atoms with E-state index in [1.54, 1.807) is 0 Å². The Balaban J connectivity index is 1.51. The van der Waals surface area contributed by atoms with Crippen LogP contribution in [0.15, 0.2) is 67.0 Å². The van der Waals surface area contributed by atoms with Gasteiger partial charge < -0.3 is 4.98 Å². The summed E-state index contributed by atoms with van der Waals surface area (Å²) < 4.78 is 0. The fourth-order valence-electron chi connectivity index (χ4n) is 3.95. The van der Waals surface area contributed by atoms with Gasteiger partial charge in [-0.2, -0.15) is 5.10 Å². The maximum absolute atomic E-state index is 4.90. The van der Waals surface area contributed by atoms with Crippen LogP contribution in [0.4, 0.5) is 0 Å². The molecule has 1 aromatic carbocycles. The van der Waals surface area contributed by atoms with Crippen LogP contribution in [0.5, 0.6) is 0 Å². The van der Waals surface area contributed by atoms with Crippen LogP contribution < -0.4 is 0 Å². The fraction of sp³-hybridized carbons (Fsp3) is 0.0833. The van der Waals surface area contributed by atoms with E-state index in [1.165, 1.54) is 5.57 Å². The molecule has 0 bridgehead atoms. The molecular formula is C24H18N6. The molecule has 0 atom stereocenters. The normalized spacial score (nSPS) is 13.4. The molecule has 6 rings (SSSR count). The molecule has 0 fully saturated rings. The van der Waals surface area contributed by atoms with Gasteiger partial charge in [-0.3, -0.25) is 10.1 Å². The van der Waals surface area contributed by atoms with Gasteiger partial charge in [-0.15, -0.1) is 0 Å². The van der Waals surface area contributed by atoms with Crippen LogP contribution in [0, 0.1) is 6.92 Å². The van der Waals surface area contributed by atoms with Crippen LogP contribution in [0.2, 0.25) is 0 Å². The van der Waals surface area contributed by atoms with Crippen molar-refractivity contribution in [1.82, 2.24) is 30.1 Å². The lowest BCUT2D eigenvalue weighted by atomic mass is 10.1. The lowest BCUT2D eigenvalue weighted by Crippen LogP contribution is -1.88. The first-order valence-corrected chi connectivity index (χ1v) is 9.89. The first-order chi connectivity index (χ1) is 14.8. The van der Waals surface area contributed by atoms with Gasteiger partial charge in [-0.25, -0.2) is 9.97 Å². The van der Waals surface area contributed by atoms with E-state index >= 15 is 0 Å². The van der Waals surface area contributed by atoms with Crippen molar-refractivity contribution in [3.05, 3.63) is 78.1 Å². The third-order valence-electron chi connectivity index (χ3n) is 5.40. The Kier molecular flexibility index (Phi) is 3.64. The standard InChI is InChI=1S/C24H18N6/c1-14-11-16(13-25-12-14)18-9-10-20-22(26-18)23(30-29-20)24-27-19-8-4-7-17(21(19)28-24)15-5-2-3-6-15/h2,4-13H,3H2,1H3,(H,27,28)(H,29,30). The summed E-state index contributed by atoms with van der Waals surface area (Å²) >= 11 is 0. The zero-order valence-electron chi connectivity index (χ0n) is 16.3. The van der Waals surface area contributed by atoms with E-state index in [2.05, 4.69) is 56.6 Å². The van der Waals surface area contributed by atoms with Gasteiger partial charge in [0.1, 0.15) is 5.52 Å². The van der Waals surface area contributed by atoms with E-state index in [0.29, 0.717) is 11.5 Å². The lowest BCUT2D eigenvalue weighted by molar-refractivity contribution is 1.10. The Hall–Kier alpha value is -4.06. The molecule has 0 saturated heterocycles. The molecule has 0 amide bonds. The number of aromatic nitrogens is 6. The number of para-hydroxylation sites is 1. The van der Waals surface area contributed by atoms with Gasteiger partial charge in [0.15, 0.2) is 11.5 Å². The smallest absolute Gasteiger partial charge is 0.161 e. The molecule has 6 nitrogen and oxygen atoms in total. The second-order valence-corrected chi connectivity index (χ2v) is 7.50. The van der Waals surface area contributed by atoms with Gasteiger partial charge in [-0.05, 0) is 48.7 Å². The zero-order valence-corrected chi connectivity index (χ0v) is 16.3. The van der Waals surface area contributed by atoms with Crippen molar-refractivity contribution in [2.24, 2.45) is 0 Å². The van der Waals surface area contributed by atoms with Crippen LogP contribution in [0.3, 0.4) is 0 Å². The predicted octanol–water partition coefficient (Wildman–Crippen LogP) is 5.21. The van der Waals surface area contributed by atoms with Crippen LogP contribution in [-0.2, 0) is 0 Å². The van der Waals surface area contributed by atoms with Crippen molar-refractivity contribution in [3.63, 3.8) is 0 Å². The van der Waals surface area contributed by atoms with E-state index in [4.69, 9.17) is 9.97 Å². The molecule has 0 radical (unpaired) electrons. The summed E-state index contributed by atoms with van der Waals surface area (Å²) in [6, 6.07) is 12.3. The quantitative estimate of drug-likeness (QED) is 0.443. The fourth-order valence-corrected chi connectivity index (χ4v) is 3.95. The van der Waals surface area contributed by atoms with Crippen molar-refractivity contribution < 1.29 is 0 Å². The summed E-state index contributed by atoms with van der Waals surface area (Å²) in [6.45, 7) is 2.03. The van der Waals surface area contributed by atoms with Crippen molar-refractivity contribution >= 4 is 27.6 Å². The molecule has 0 aliphatic heterocycles. The van der Waals surface area contributed by atoms with Gasteiger partial charge in [0.05, 0.1) is 22.2 Å². The Bertz CT molecular complexity index is 1480. The number of benzene rings is 1. The number of hydrogen-bond acceptors (Lipinski definition) is 4. The summed E-state index contributed by atoms with van der Waals surface area (Å²) in [4.78, 5) is 17.5. The number of nitrogens with zero attached hydrogens (tertiary/aromatic N) is 4. The first-order valence-electron chi connectivity index (χ1n) is 9.89. The second kappa shape index (κ2) is 6.49. The molecule has 1 aliphatic carbocycles. The third kappa shape index (κ3) is 2.65. The molecule has 6 heteroatoms. The average molecular weight is 390 g/mol. The average Bonchev–Trinajstić information content (AvgIpc) is 3.51. The molecule has 144 valence electrons. The summed E-state index contributed by atoms with van der Waals surface area (Å²) in [5.41, 5.74) is 9.58. The molecule has 2 N–H and O–H groups in total. The van der Waals surface area contributed by atoms with Crippen molar-refractivity contribution in [3.8, 4) is 22.8 Å². The molecule has 5 aromatic rings. The molecule has 4 heterocycles. The summed E-state index contributed by atoms with van der Waals surface area (Å²) in [5, 5.41) is 7.59. The van der Waals surface area contributed by atoms with Crippen molar-refractivity contribution in [2.45, 2.75) is 13.3 Å². The number of allylic oxidation sites excluding steroid dienone is 4. The monoisotopic (exact) mass is 390 g/mol. The molecular weight excluding hydrogens is 372 g/mol. The SMILES string of the molecule is Cc1cncc(-c2ccc3[nH]nc(-c4nc5c(C6=CCC=C6)cccc5[nH]4)c3n2)c1.